The van der Waals surface area contributed by atoms with Gasteiger partial charge in [-0.25, -0.2) is 4.98 Å². The predicted molar refractivity (Wildman–Crippen MR) is 50.2 cm³/mol. The molecule has 70 valence electrons. The average molecular weight is 197 g/mol. The molecule has 3 N–H and O–H groups in total. The quantitative estimate of drug-likeness (QED) is 0.735. The molecule has 1 aliphatic carbocycles. The van der Waals surface area contributed by atoms with Gasteiger partial charge in [0.05, 0.1) is 0 Å². The van der Waals surface area contributed by atoms with Crippen molar-refractivity contribution in [3.8, 4) is 0 Å². The van der Waals surface area contributed by atoms with Crippen molar-refractivity contribution in [3.63, 3.8) is 0 Å². The molecule has 5 heteroatoms. The number of primary amides is 1. The van der Waals surface area contributed by atoms with Crippen molar-refractivity contribution in [1.82, 2.24) is 10.3 Å². The maximum atomic E-state index is 11.1. The SMILES string of the molecule is NC(=O)C(NC1CC1)c1nccs1. The van der Waals surface area contributed by atoms with Crippen LogP contribution < -0.4 is 11.1 Å². The first kappa shape index (κ1) is 8.65. The van der Waals surface area contributed by atoms with Crippen LogP contribution in [0.3, 0.4) is 0 Å². The number of thiazole rings is 1. The van der Waals surface area contributed by atoms with E-state index in [-0.39, 0.29) is 5.91 Å². The Morgan fingerprint density at radius 3 is 3.00 bits per heavy atom. The summed E-state index contributed by atoms with van der Waals surface area (Å²) in [7, 11) is 0. The third-order valence-corrected chi connectivity index (χ3v) is 2.80. The number of nitrogens with zero attached hydrogens (tertiary/aromatic N) is 1. The molecule has 1 saturated carbocycles. The van der Waals surface area contributed by atoms with Crippen LogP contribution in [0.5, 0.6) is 0 Å². The minimum atomic E-state index is -0.396. The second-order valence-electron chi connectivity index (χ2n) is 3.15. The maximum absolute atomic E-state index is 11.1. The van der Waals surface area contributed by atoms with Gasteiger partial charge in [-0.1, -0.05) is 0 Å². The molecular formula is C8H11N3OS. The summed E-state index contributed by atoms with van der Waals surface area (Å²) in [5, 5.41) is 5.78. The Kier molecular flexibility index (Phi) is 2.28. The zero-order chi connectivity index (χ0) is 9.26. The molecule has 1 aromatic heterocycles. The van der Waals surface area contributed by atoms with E-state index in [9.17, 15) is 4.79 Å². The molecule has 13 heavy (non-hydrogen) atoms. The van der Waals surface area contributed by atoms with Crippen LogP contribution >= 0.6 is 11.3 Å². The lowest BCUT2D eigenvalue weighted by Crippen LogP contribution is -2.34. The summed E-state index contributed by atoms with van der Waals surface area (Å²) in [6, 6.07) is 0.0638. The lowest BCUT2D eigenvalue weighted by Gasteiger charge is -2.11. The van der Waals surface area contributed by atoms with Crippen molar-refractivity contribution in [3.05, 3.63) is 16.6 Å². The molecule has 0 aliphatic heterocycles. The second-order valence-corrected chi connectivity index (χ2v) is 4.07. The molecule has 2 rings (SSSR count). The summed E-state index contributed by atoms with van der Waals surface area (Å²) in [5.74, 6) is -0.346. The molecule has 1 amide bonds. The largest absolute Gasteiger partial charge is 0.368 e. The lowest BCUT2D eigenvalue weighted by atomic mass is 10.3. The third kappa shape index (κ3) is 2.05. The van der Waals surface area contributed by atoms with Gasteiger partial charge in [0, 0.05) is 17.6 Å². The van der Waals surface area contributed by atoms with E-state index in [1.165, 1.54) is 11.3 Å². The fourth-order valence-corrected chi connectivity index (χ4v) is 1.84. The van der Waals surface area contributed by atoms with Crippen LogP contribution in [0.15, 0.2) is 11.6 Å². The monoisotopic (exact) mass is 197 g/mol. The van der Waals surface area contributed by atoms with E-state index in [0.29, 0.717) is 6.04 Å². The molecule has 0 radical (unpaired) electrons. The van der Waals surface area contributed by atoms with Crippen LogP contribution in [-0.4, -0.2) is 16.9 Å². The van der Waals surface area contributed by atoms with Crippen LogP contribution in [0, 0.1) is 0 Å². The summed E-state index contributed by atoms with van der Waals surface area (Å²) in [6.45, 7) is 0. The summed E-state index contributed by atoms with van der Waals surface area (Å²) >= 11 is 1.45. The lowest BCUT2D eigenvalue weighted by molar-refractivity contribution is -0.120. The van der Waals surface area contributed by atoms with Crippen LogP contribution in [0.2, 0.25) is 0 Å². The maximum Gasteiger partial charge on any atom is 0.241 e. The van der Waals surface area contributed by atoms with Gasteiger partial charge in [0.1, 0.15) is 11.0 Å². The van der Waals surface area contributed by atoms with Gasteiger partial charge >= 0.3 is 0 Å². The fraction of sp³-hybridized carbons (Fsp3) is 0.500. The van der Waals surface area contributed by atoms with Gasteiger partial charge in [-0.3, -0.25) is 10.1 Å². The highest BCUT2D eigenvalue weighted by atomic mass is 32.1. The van der Waals surface area contributed by atoms with E-state index >= 15 is 0 Å². The van der Waals surface area contributed by atoms with Gasteiger partial charge in [0.2, 0.25) is 5.91 Å². The summed E-state index contributed by atoms with van der Waals surface area (Å²) in [5.41, 5.74) is 5.27. The Hall–Kier alpha value is -0.940. The topological polar surface area (TPSA) is 68.0 Å². The number of nitrogens with two attached hydrogens (primary N) is 1. The van der Waals surface area contributed by atoms with Crippen molar-refractivity contribution < 1.29 is 4.79 Å². The zero-order valence-corrected chi connectivity index (χ0v) is 7.88. The molecule has 1 unspecified atom stereocenters. The Bertz CT molecular complexity index is 294. The van der Waals surface area contributed by atoms with E-state index in [4.69, 9.17) is 5.73 Å². The number of carbonyl (C=O) groups is 1. The molecule has 1 aromatic rings. The molecule has 1 atom stereocenters. The van der Waals surface area contributed by atoms with E-state index in [0.717, 1.165) is 17.8 Å². The number of aromatic nitrogens is 1. The van der Waals surface area contributed by atoms with Crippen molar-refractivity contribution >= 4 is 17.2 Å². The normalized spacial score (nSPS) is 18.5. The molecular weight excluding hydrogens is 186 g/mol. The van der Waals surface area contributed by atoms with Crippen LogP contribution in [0.4, 0.5) is 0 Å². The van der Waals surface area contributed by atoms with Crippen molar-refractivity contribution in [2.45, 2.75) is 24.9 Å². The average Bonchev–Trinajstić information content (AvgIpc) is 2.75. The number of amides is 1. The smallest absolute Gasteiger partial charge is 0.241 e. The van der Waals surface area contributed by atoms with E-state index in [1.54, 1.807) is 6.20 Å². The second kappa shape index (κ2) is 3.43. The molecule has 4 nitrogen and oxygen atoms in total. The molecule has 0 aromatic carbocycles. The number of rotatable bonds is 4. The fourth-order valence-electron chi connectivity index (χ4n) is 1.14. The van der Waals surface area contributed by atoms with Gasteiger partial charge in [-0.15, -0.1) is 11.3 Å². The number of carbonyl (C=O) groups excluding carboxylic acids is 1. The number of hydrogen-bond acceptors (Lipinski definition) is 4. The highest BCUT2D eigenvalue weighted by Crippen LogP contribution is 2.24. The molecule has 0 saturated heterocycles. The zero-order valence-electron chi connectivity index (χ0n) is 7.06. The van der Waals surface area contributed by atoms with Gasteiger partial charge < -0.3 is 5.73 Å². The van der Waals surface area contributed by atoms with Gasteiger partial charge in [0.25, 0.3) is 0 Å². The number of hydrogen-bond donors (Lipinski definition) is 2. The molecule has 1 aliphatic rings. The number of nitrogens with one attached hydrogen (secondary N) is 1. The molecule has 0 bridgehead atoms. The van der Waals surface area contributed by atoms with Crippen molar-refractivity contribution in [2.24, 2.45) is 5.73 Å². The predicted octanol–water partition coefficient (Wildman–Crippen LogP) is 0.421. The van der Waals surface area contributed by atoms with Gasteiger partial charge in [0.15, 0.2) is 0 Å². The minimum Gasteiger partial charge on any atom is -0.368 e. The summed E-state index contributed by atoms with van der Waals surface area (Å²) in [4.78, 5) is 15.2. The highest BCUT2D eigenvalue weighted by Gasteiger charge is 2.29. The Morgan fingerprint density at radius 1 is 1.77 bits per heavy atom. The van der Waals surface area contributed by atoms with E-state index in [1.807, 2.05) is 5.38 Å². The van der Waals surface area contributed by atoms with E-state index < -0.39 is 6.04 Å². The van der Waals surface area contributed by atoms with Crippen LogP contribution in [0.1, 0.15) is 23.9 Å². The Morgan fingerprint density at radius 2 is 2.54 bits per heavy atom. The van der Waals surface area contributed by atoms with Crippen LogP contribution in [-0.2, 0) is 4.79 Å². The van der Waals surface area contributed by atoms with Crippen molar-refractivity contribution in [1.29, 1.82) is 0 Å². The summed E-state index contributed by atoms with van der Waals surface area (Å²) in [6.07, 6.45) is 3.95. The first-order chi connectivity index (χ1) is 6.27. The summed E-state index contributed by atoms with van der Waals surface area (Å²) < 4.78 is 0. The third-order valence-electron chi connectivity index (χ3n) is 1.96. The van der Waals surface area contributed by atoms with E-state index in [2.05, 4.69) is 10.3 Å². The molecule has 0 spiro atoms. The highest BCUT2D eigenvalue weighted by molar-refractivity contribution is 7.09. The first-order valence-corrected chi connectivity index (χ1v) is 5.10. The Balaban J connectivity index is 2.08. The van der Waals surface area contributed by atoms with Crippen molar-refractivity contribution in [2.75, 3.05) is 0 Å². The molecule has 1 heterocycles. The van der Waals surface area contributed by atoms with Gasteiger partial charge in [-0.05, 0) is 12.8 Å². The standard InChI is InChI=1S/C8H11N3OS/c9-7(12)6(11-5-1-2-5)8-10-3-4-13-8/h3-6,11H,1-2H2,(H2,9,12). The first-order valence-electron chi connectivity index (χ1n) is 4.22. The molecule has 1 fully saturated rings. The minimum absolute atomic E-state index is 0.346. The van der Waals surface area contributed by atoms with Crippen LogP contribution in [0.25, 0.3) is 0 Å². The Labute approximate surface area is 80.2 Å². The van der Waals surface area contributed by atoms with Gasteiger partial charge in [-0.2, -0.15) is 0 Å².